The lowest BCUT2D eigenvalue weighted by Crippen LogP contribution is -2.33. The summed E-state index contributed by atoms with van der Waals surface area (Å²) in [6, 6.07) is 6.08. The van der Waals surface area contributed by atoms with Crippen LogP contribution in [0.4, 0.5) is 5.82 Å². The van der Waals surface area contributed by atoms with Gasteiger partial charge in [-0.3, -0.25) is 4.90 Å². The van der Waals surface area contributed by atoms with E-state index in [-0.39, 0.29) is 0 Å². The van der Waals surface area contributed by atoms with E-state index in [2.05, 4.69) is 34.5 Å². The number of fused-ring (bicyclic) bond motifs is 3. The SMILES string of the molecule is CCCCc1nc2c(N)nc3ccc(OCCN4CCCCC4)cc3c2n1C. The van der Waals surface area contributed by atoms with Crippen LogP contribution in [0.15, 0.2) is 18.2 Å². The molecule has 2 aromatic heterocycles. The average Bonchev–Trinajstić information content (AvgIpc) is 3.05. The van der Waals surface area contributed by atoms with E-state index in [0.717, 1.165) is 59.3 Å². The zero-order valence-electron chi connectivity index (χ0n) is 17.1. The number of ether oxygens (including phenoxy) is 1. The molecule has 0 radical (unpaired) electrons. The number of aryl methyl sites for hydroxylation is 2. The summed E-state index contributed by atoms with van der Waals surface area (Å²) in [4.78, 5) is 11.8. The molecule has 0 spiro atoms. The van der Waals surface area contributed by atoms with Gasteiger partial charge < -0.3 is 15.0 Å². The van der Waals surface area contributed by atoms with Crippen LogP contribution in [0, 0.1) is 0 Å². The Morgan fingerprint density at radius 2 is 1.96 bits per heavy atom. The highest BCUT2D eigenvalue weighted by molar-refractivity contribution is 6.07. The van der Waals surface area contributed by atoms with Crippen LogP contribution in [0.1, 0.15) is 44.9 Å². The number of hydrogen-bond acceptors (Lipinski definition) is 5. The Morgan fingerprint density at radius 3 is 2.75 bits per heavy atom. The summed E-state index contributed by atoms with van der Waals surface area (Å²) in [7, 11) is 2.07. The minimum Gasteiger partial charge on any atom is -0.492 e. The number of pyridine rings is 1. The van der Waals surface area contributed by atoms with Crippen molar-refractivity contribution in [3.8, 4) is 5.75 Å². The second-order valence-electron chi connectivity index (χ2n) is 7.81. The lowest BCUT2D eigenvalue weighted by atomic mass is 10.1. The van der Waals surface area contributed by atoms with Crippen LogP contribution in [-0.4, -0.2) is 45.7 Å². The van der Waals surface area contributed by atoms with Crippen LogP contribution in [0.5, 0.6) is 5.75 Å². The molecule has 3 heterocycles. The van der Waals surface area contributed by atoms with Crippen molar-refractivity contribution in [3.05, 3.63) is 24.0 Å². The van der Waals surface area contributed by atoms with Crippen molar-refractivity contribution in [2.24, 2.45) is 7.05 Å². The Kier molecular flexibility index (Phi) is 5.67. The van der Waals surface area contributed by atoms with Crippen LogP contribution in [0.25, 0.3) is 21.9 Å². The molecule has 2 N–H and O–H groups in total. The fourth-order valence-corrected chi connectivity index (χ4v) is 4.14. The molecule has 1 fully saturated rings. The highest BCUT2D eigenvalue weighted by atomic mass is 16.5. The summed E-state index contributed by atoms with van der Waals surface area (Å²) in [6.07, 6.45) is 7.19. The highest BCUT2D eigenvalue weighted by Gasteiger charge is 2.16. The van der Waals surface area contributed by atoms with Crippen LogP contribution < -0.4 is 10.5 Å². The van der Waals surface area contributed by atoms with Gasteiger partial charge in [-0.05, 0) is 50.6 Å². The second kappa shape index (κ2) is 8.35. The number of imidazole rings is 1. The minimum absolute atomic E-state index is 0.500. The Balaban J connectivity index is 1.60. The number of benzene rings is 1. The maximum Gasteiger partial charge on any atom is 0.152 e. The smallest absolute Gasteiger partial charge is 0.152 e. The van der Waals surface area contributed by atoms with Gasteiger partial charge in [0, 0.05) is 25.4 Å². The molecule has 6 heteroatoms. The van der Waals surface area contributed by atoms with Crippen LogP contribution >= 0.6 is 0 Å². The molecule has 0 amide bonds. The van der Waals surface area contributed by atoms with Crippen molar-refractivity contribution in [3.63, 3.8) is 0 Å². The van der Waals surface area contributed by atoms with Crippen LogP contribution in [0.3, 0.4) is 0 Å². The molecule has 0 saturated carbocycles. The van der Waals surface area contributed by atoms with Crippen LogP contribution in [0.2, 0.25) is 0 Å². The number of anilines is 1. The van der Waals surface area contributed by atoms with Crippen molar-refractivity contribution in [1.82, 2.24) is 19.4 Å². The molecule has 1 aromatic carbocycles. The number of hydrogen-bond donors (Lipinski definition) is 1. The fraction of sp³-hybridized carbons (Fsp3) is 0.545. The number of nitrogens with zero attached hydrogens (tertiary/aromatic N) is 4. The van der Waals surface area contributed by atoms with Gasteiger partial charge >= 0.3 is 0 Å². The molecule has 1 saturated heterocycles. The van der Waals surface area contributed by atoms with Gasteiger partial charge in [0.15, 0.2) is 5.82 Å². The summed E-state index contributed by atoms with van der Waals surface area (Å²) >= 11 is 0. The highest BCUT2D eigenvalue weighted by Crippen LogP contribution is 2.31. The summed E-state index contributed by atoms with van der Waals surface area (Å²) in [5.41, 5.74) is 8.95. The molecule has 1 aliphatic rings. The summed E-state index contributed by atoms with van der Waals surface area (Å²) in [6.45, 7) is 6.28. The summed E-state index contributed by atoms with van der Waals surface area (Å²) in [5, 5.41) is 1.05. The lowest BCUT2D eigenvalue weighted by Gasteiger charge is -2.26. The van der Waals surface area contributed by atoms with E-state index in [1.54, 1.807) is 0 Å². The quantitative estimate of drug-likeness (QED) is 0.672. The van der Waals surface area contributed by atoms with Gasteiger partial charge in [-0.15, -0.1) is 0 Å². The number of rotatable bonds is 7. The Hall–Kier alpha value is -2.34. The topological polar surface area (TPSA) is 69.2 Å². The number of nitrogens with two attached hydrogens (primary N) is 1. The summed E-state index contributed by atoms with van der Waals surface area (Å²) < 4.78 is 8.25. The number of likely N-dealkylation sites (tertiary alicyclic amines) is 1. The van der Waals surface area contributed by atoms with Crippen molar-refractivity contribution < 1.29 is 4.74 Å². The van der Waals surface area contributed by atoms with E-state index in [1.807, 2.05) is 12.1 Å². The van der Waals surface area contributed by atoms with Gasteiger partial charge in [0.25, 0.3) is 0 Å². The van der Waals surface area contributed by atoms with E-state index >= 15 is 0 Å². The number of unbranched alkanes of at least 4 members (excludes halogenated alkanes) is 1. The van der Waals surface area contributed by atoms with Crippen molar-refractivity contribution >= 4 is 27.8 Å². The number of nitrogen functional groups attached to an aromatic ring is 1. The zero-order valence-corrected chi connectivity index (χ0v) is 17.1. The number of aromatic nitrogens is 3. The molecular weight excluding hydrogens is 350 g/mol. The molecular formula is C22H31N5O. The van der Waals surface area contributed by atoms with Gasteiger partial charge in [-0.2, -0.15) is 0 Å². The van der Waals surface area contributed by atoms with E-state index < -0.39 is 0 Å². The monoisotopic (exact) mass is 381 g/mol. The third-order valence-electron chi connectivity index (χ3n) is 5.77. The molecule has 28 heavy (non-hydrogen) atoms. The maximum absolute atomic E-state index is 6.21. The average molecular weight is 382 g/mol. The van der Waals surface area contributed by atoms with E-state index in [0.29, 0.717) is 12.4 Å². The third-order valence-corrected chi connectivity index (χ3v) is 5.77. The first-order valence-electron chi connectivity index (χ1n) is 10.6. The van der Waals surface area contributed by atoms with Gasteiger partial charge in [0.2, 0.25) is 0 Å². The van der Waals surface area contributed by atoms with Gasteiger partial charge in [0.05, 0.1) is 11.0 Å². The van der Waals surface area contributed by atoms with Gasteiger partial charge in [-0.1, -0.05) is 19.8 Å². The molecule has 1 aliphatic heterocycles. The Morgan fingerprint density at radius 1 is 1.14 bits per heavy atom. The number of piperidine rings is 1. The minimum atomic E-state index is 0.500. The Labute approximate surface area is 166 Å². The van der Waals surface area contributed by atoms with E-state index in [9.17, 15) is 0 Å². The standard InChI is InChI=1S/C22H31N5O/c1-3-4-8-19-25-20-21(26(19)2)17-15-16(9-10-18(17)24-22(20)23)28-14-13-27-11-6-5-7-12-27/h9-10,15H,3-8,11-14H2,1-2H3,(H2,23,24). The molecule has 3 aromatic rings. The predicted octanol–water partition coefficient (Wildman–Crippen LogP) is 3.91. The molecule has 0 unspecified atom stereocenters. The largest absolute Gasteiger partial charge is 0.492 e. The summed E-state index contributed by atoms with van der Waals surface area (Å²) in [5.74, 6) is 2.45. The van der Waals surface area contributed by atoms with Gasteiger partial charge in [-0.25, -0.2) is 9.97 Å². The van der Waals surface area contributed by atoms with Crippen LogP contribution in [-0.2, 0) is 13.5 Å². The van der Waals surface area contributed by atoms with Crippen molar-refractivity contribution in [1.29, 1.82) is 0 Å². The van der Waals surface area contributed by atoms with Gasteiger partial charge in [0.1, 0.15) is 23.7 Å². The van der Waals surface area contributed by atoms with E-state index in [4.69, 9.17) is 15.5 Å². The lowest BCUT2D eigenvalue weighted by molar-refractivity contribution is 0.183. The van der Waals surface area contributed by atoms with Crippen molar-refractivity contribution in [2.75, 3.05) is 32.0 Å². The first-order chi connectivity index (χ1) is 13.7. The van der Waals surface area contributed by atoms with E-state index in [1.165, 1.54) is 32.4 Å². The normalized spacial score (nSPS) is 15.5. The maximum atomic E-state index is 6.21. The molecule has 150 valence electrons. The molecule has 0 bridgehead atoms. The molecule has 0 aliphatic carbocycles. The fourth-order valence-electron chi connectivity index (χ4n) is 4.14. The third kappa shape index (κ3) is 3.78. The first kappa shape index (κ1) is 19.0. The van der Waals surface area contributed by atoms with Crippen molar-refractivity contribution in [2.45, 2.75) is 45.4 Å². The molecule has 0 atom stereocenters. The predicted molar refractivity (Wildman–Crippen MR) is 115 cm³/mol. The second-order valence-corrected chi connectivity index (χ2v) is 7.81. The molecule has 4 rings (SSSR count). The zero-order chi connectivity index (χ0) is 19.5. The molecule has 6 nitrogen and oxygen atoms in total. The Bertz CT molecular complexity index is 959. The first-order valence-corrected chi connectivity index (χ1v) is 10.6.